The van der Waals surface area contributed by atoms with E-state index in [1.807, 2.05) is 6.92 Å². The first-order valence-electron chi connectivity index (χ1n) is 5.03. The molecule has 1 saturated heterocycles. The van der Waals surface area contributed by atoms with Crippen molar-refractivity contribution < 1.29 is 9.26 Å². The van der Waals surface area contributed by atoms with Gasteiger partial charge in [0.15, 0.2) is 5.82 Å². The zero-order chi connectivity index (χ0) is 9.80. The first-order chi connectivity index (χ1) is 6.90. The number of ether oxygens (including phenoxy) is 1. The smallest absolute Gasteiger partial charge is 0.243 e. The molecule has 78 valence electrons. The molecule has 2 heterocycles. The normalized spacial score (nSPS) is 21.6. The monoisotopic (exact) mass is 197 g/mol. The first-order valence-corrected chi connectivity index (χ1v) is 5.03. The maximum absolute atomic E-state index is 5.19. The molecule has 0 aliphatic carbocycles. The number of nitrogens with one attached hydrogen (secondary N) is 1. The lowest BCUT2D eigenvalue weighted by atomic mass is 10.2. The molecule has 0 saturated carbocycles. The zero-order valence-electron chi connectivity index (χ0n) is 8.32. The lowest BCUT2D eigenvalue weighted by molar-refractivity contribution is 0.126. The molecule has 0 bridgehead atoms. The van der Waals surface area contributed by atoms with E-state index < -0.39 is 0 Å². The Morgan fingerprint density at radius 1 is 1.64 bits per heavy atom. The van der Waals surface area contributed by atoms with Crippen molar-refractivity contribution in [1.29, 1.82) is 0 Å². The molecule has 2 rings (SSSR count). The van der Waals surface area contributed by atoms with Gasteiger partial charge in [-0.15, -0.1) is 0 Å². The van der Waals surface area contributed by atoms with E-state index in [0.29, 0.717) is 24.9 Å². The molecular formula is C9H15N3O2. The Morgan fingerprint density at radius 2 is 2.57 bits per heavy atom. The fraction of sp³-hybridized carbons (Fsp3) is 0.778. The van der Waals surface area contributed by atoms with Gasteiger partial charge in [-0.25, -0.2) is 0 Å². The number of aromatic nitrogens is 2. The maximum Gasteiger partial charge on any atom is 0.243 e. The van der Waals surface area contributed by atoms with Crippen molar-refractivity contribution >= 4 is 0 Å². The van der Waals surface area contributed by atoms with Gasteiger partial charge in [-0.05, 0) is 26.3 Å². The molecule has 5 nitrogen and oxygen atoms in total. The van der Waals surface area contributed by atoms with Crippen LogP contribution in [-0.2, 0) is 11.3 Å². The molecule has 1 aromatic rings. The molecule has 1 fully saturated rings. The molecule has 0 aromatic carbocycles. The first kappa shape index (κ1) is 9.61. The van der Waals surface area contributed by atoms with E-state index in [1.165, 1.54) is 6.42 Å². The quantitative estimate of drug-likeness (QED) is 0.781. The Kier molecular flexibility index (Phi) is 3.10. The van der Waals surface area contributed by atoms with Crippen molar-refractivity contribution in [3.63, 3.8) is 0 Å². The second-order valence-corrected chi connectivity index (χ2v) is 3.33. The van der Waals surface area contributed by atoms with Crippen LogP contribution in [0.5, 0.6) is 0 Å². The van der Waals surface area contributed by atoms with Gasteiger partial charge in [-0.3, -0.25) is 0 Å². The van der Waals surface area contributed by atoms with Crippen LogP contribution < -0.4 is 5.32 Å². The molecule has 0 spiro atoms. The number of hydrogen-bond donors (Lipinski definition) is 1. The van der Waals surface area contributed by atoms with Gasteiger partial charge in [0.25, 0.3) is 0 Å². The van der Waals surface area contributed by atoms with E-state index in [1.54, 1.807) is 0 Å². The van der Waals surface area contributed by atoms with E-state index in [-0.39, 0.29) is 6.04 Å². The minimum absolute atomic E-state index is 0.248. The molecule has 0 unspecified atom stereocenters. The third kappa shape index (κ3) is 2.10. The maximum atomic E-state index is 5.19. The highest BCUT2D eigenvalue weighted by Crippen LogP contribution is 2.20. The summed E-state index contributed by atoms with van der Waals surface area (Å²) in [5, 5.41) is 7.15. The zero-order valence-corrected chi connectivity index (χ0v) is 8.32. The SMILES string of the molecule is CCOCc1noc([C@H]2CCCN2)n1. The van der Waals surface area contributed by atoms with Gasteiger partial charge in [0, 0.05) is 6.61 Å². The van der Waals surface area contributed by atoms with Gasteiger partial charge in [0.05, 0.1) is 6.04 Å². The largest absolute Gasteiger partial charge is 0.374 e. The van der Waals surface area contributed by atoms with Gasteiger partial charge in [-0.1, -0.05) is 5.16 Å². The Labute approximate surface area is 82.8 Å². The van der Waals surface area contributed by atoms with Crippen LogP contribution in [0, 0.1) is 0 Å². The van der Waals surface area contributed by atoms with Crippen LogP contribution in [0.3, 0.4) is 0 Å². The van der Waals surface area contributed by atoms with Crippen LogP contribution in [0.2, 0.25) is 0 Å². The molecule has 1 aliphatic rings. The number of rotatable bonds is 4. The summed E-state index contributed by atoms with van der Waals surface area (Å²) in [6.45, 7) is 4.09. The Balaban J connectivity index is 1.94. The van der Waals surface area contributed by atoms with Crippen LogP contribution in [0.1, 0.15) is 37.5 Å². The molecule has 0 amide bonds. The summed E-state index contributed by atoms with van der Waals surface area (Å²) in [6, 6.07) is 0.248. The van der Waals surface area contributed by atoms with Gasteiger partial charge in [0.1, 0.15) is 6.61 Å². The van der Waals surface area contributed by atoms with Crippen molar-refractivity contribution in [2.75, 3.05) is 13.2 Å². The van der Waals surface area contributed by atoms with E-state index in [2.05, 4.69) is 15.5 Å². The molecule has 14 heavy (non-hydrogen) atoms. The fourth-order valence-electron chi connectivity index (χ4n) is 1.56. The highest BCUT2D eigenvalue weighted by molar-refractivity contribution is 4.94. The third-order valence-electron chi connectivity index (χ3n) is 2.28. The van der Waals surface area contributed by atoms with Crippen molar-refractivity contribution in [3.8, 4) is 0 Å². The van der Waals surface area contributed by atoms with Gasteiger partial charge < -0.3 is 14.6 Å². The summed E-state index contributed by atoms with van der Waals surface area (Å²) in [5.41, 5.74) is 0. The topological polar surface area (TPSA) is 60.2 Å². The summed E-state index contributed by atoms with van der Waals surface area (Å²) in [4.78, 5) is 4.26. The van der Waals surface area contributed by atoms with Crippen LogP contribution in [-0.4, -0.2) is 23.3 Å². The predicted molar refractivity (Wildman–Crippen MR) is 49.6 cm³/mol. The van der Waals surface area contributed by atoms with Crippen LogP contribution in [0.15, 0.2) is 4.52 Å². The standard InChI is InChI=1S/C9H15N3O2/c1-2-13-6-8-11-9(14-12-8)7-4-3-5-10-7/h7,10H,2-6H2,1H3/t7-/m1/s1. The van der Waals surface area contributed by atoms with E-state index in [9.17, 15) is 0 Å². The Bertz CT molecular complexity index is 281. The highest BCUT2D eigenvalue weighted by atomic mass is 16.5. The van der Waals surface area contributed by atoms with Crippen molar-refractivity contribution in [2.24, 2.45) is 0 Å². The molecular weight excluding hydrogens is 182 g/mol. The minimum Gasteiger partial charge on any atom is -0.374 e. The summed E-state index contributed by atoms with van der Waals surface area (Å²) in [7, 11) is 0. The van der Waals surface area contributed by atoms with Crippen molar-refractivity contribution in [1.82, 2.24) is 15.5 Å². The molecule has 0 radical (unpaired) electrons. The second-order valence-electron chi connectivity index (χ2n) is 3.33. The second kappa shape index (κ2) is 4.52. The lowest BCUT2D eigenvalue weighted by Gasteiger charge is -2.01. The average molecular weight is 197 g/mol. The molecule has 5 heteroatoms. The van der Waals surface area contributed by atoms with Crippen molar-refractivity contribution in [2.45, 2.75) is 32.4 Å². The molecule has 1 N–H and O–H groups in total. The minimum atomic E-state index is 0.248. The third-order valence-corrected chi connectivity index (χ3v) is 2.28. The summed E-state index contributed by atoms with van der Waals surface area (Å²) >= 11 is 0. The van der Waals surface area contributed by atoms with Crippen LogP contribution in [0.4, 0.5) is 0 Å². The lowest BCUT2D eigenvalue weighted by Crippen LogP contribution is -2.13. The summed E-state index contributed by atoms with van der Waals surface area (Å²) in [5.74, 6) is 1.33. The van der Waals surface area contributed by atoms with Gasteiger partial charge >= 0.3 is 0 Å². The number of nitrogens with zero attached hydrogens (tertiary/aromatic N) is 2. The fourth-order valence-corrected chi connectivity index (χ4v) is 1.56. The Hall–Kier alpha value is -0.940. The van der Waals surface area contributed by atoms with Crippen molar-refractivity contribution in [3.05, 3.63) is 11.7 Å². The van der Waals surface area contributed by atoms with Gasteiger partial charge in [-0.2, -0.15) is 4.98 Å². The van der Waals surface area contributed by atoms with E-state index >= 15 is 0 Å². The summed E-state index contributed by atoms with van der Waals surface area (Å²) < 4.78 is 10.3. The molecule has 1 atom stereocenters. The average Bonchev–Trinajstić information content (AvgIpc) is 2.85. The van der Waals surface area contributed by atoms with E-state index in [0.717, 1.165) is 13.0 Å². The van der Waals surface area contributed by atoms with Gasteiger partial charge in [0.2, 0.25) is 5.89 Å². The summed E-state index contributed by atoms with van der Waals surface area (Å²) in [6.07, 6.45) is 2.25. The number of hydrogen-bond acceptors (Lipinski definition) is 5. The van der Waals surface area contributed by atoms with E-state index in [4.69, 9.17) is 9.26 Å². The molecule has 1 aromatic heterocycles. The van der Waals surface area contributed by atoms with Crippen LogP contribution in [0.25, 0.3) is 0 Å². The van der Waals surface area contributed by atoms with Crippen LogP contribution >= 0.6 is 0 Å². The predicted octanol–water partition coefficient (Wildman–Crippen LogP) is 1.03. The highest BCUT2D eigenvalue weighted by Gasteiger charge is 2.22. The Morgan fingerprint density at radius 3 is 3.29 bits per heavy atom. The molecule has 1 aliphatic heterocycles.